The third-order valence-electron chi connectivity index (χ3n) is 3.95. The fourth-order valence-electron chi connectivity index (χ4n) is 2.64. The van der Waals surface area contributed by atoms with Crippen LogP contribution in [0.3, 0.4) is 0 Å². The van der Waals surface area contributed by atoms with E-state index in [0.717, 1.165) is 5.69 Å². The molecule has 0 spiro atoms. The Labute approximate surface area is 143 Å². The van der Waals surface area contributed by atoms with Crippen molar-refractivity contribution in [2.45, 2.75) is 12.8 Å². The molecule has 0 saturated carbocycles. The molecule has 1 aliphatic rings. The third-order valence-corrected chi connectivity index (χ3v) is 4.71. The molecular weight excluding hydrogens is 328 g/mol. The van der Waals surface area contributed by atoms with Gasteiger partial charge in [0, 0.05) is 24.7 Å². The van der Waals surface area contributed by atoms with Gasteiger partial charge in [0.1, 0.15) is 5.69 Å². The van der Waals surface area contributed by atoms with E-state index in [1.165, 1.54) is 18.4 Å². The Bertz CT molecular complexity index is 711. The van der Waals surface area contributed by atoms with Crippen LogP contribution < -0.4 is 5.32 Å². The number of thiazole rings is 1. The Morgan fingerprint density at radius 2 is 2.17 bits per heavy atom. The van der Waals surface area contributed by atoms with E-state index in [9.17, 15) is 9.59 Å². The van der Waals surface area contributed by atoms with Crippen molar-refractivity contribution >= 4 is 34.0 Å². The van der Waals surface area contributed by atoms with Gasteiger partial charge in [-0.1, -0.05) is 0 Å². The summed E-state index contributed by atoms with van der Waals surface area (Å²) in [7, 11) is 1.39. The number of nitrogens with one attached hydrogen (secondary N) is 1. The molecule has 24 heavy (non-hydrogen) atoms. The maximum absolute atomic E-state index is 12.5. The van der Waals surface area contributed by atoms with Crippen molar-refractivity contribution in [1.82, 2.24) is 14.9 Å². The van der Waals surface area contributed by atoms with E-state index < -0.39 is 0 Å². The second kappa shape index (κ2) is 7.39. The van der Waals surface area contributed by atoms with Crippen LogP contribution in [0, 0.1) is 5.92 Å². The molecule has 0 bridgehead atoms. The minimum Gasteiger partial charge on any atom is -0.469 e. The molecule has 1 N–H and O–H groups in total. The quantitative estimate of drug-likeness (QED) is 0.855. The van der Waals surface area contributed by atoms with Crippen LogP contribution in [0.15, 0.2) is 29.9 Å². The zero-order valence-electron chi connectivity index (χ0n) is 13.3. The number of amides is 1. The minimum absolute atomic E-state index is 0.103. The van der Waals surface area contributed by atoms with E-state index in [-0.39, 0.29) is 17.8 Å². The van der Waals surface area contributed by atoms with Crippen LogP contribution >= 0.6 is 11.3 Å². The van der Waals surface area contributed by atoms with Crippen LogP contribution in [0.5, 0.6) is 0 Å². The monoisotopic (exact) mass is 346 g/mol. The summed E-state index contributed by atoms with van der Waals surface area (Å²) in [5.41, 5.74) is 1.24. The summed E-state index contributed by atoms with van der Waals surface area (Å²) in [6, 6.07) is 3.71. The molecule has 1 aliphatic heterocycles. The normalized spacial score (nSPS) is 15.1. The molecule has 7 nitrogen and oxygen atoms in total. The van der Waals surface area contributed by atoms with Crippen LogP contribution in [0.2, 0.25) is 0 Å². The van der Waals surface area contributed by atoms with Gasteiger partial charge < -0.3 is 15.0 Å². The van der Waals surface area contributed by atoms with Crippen molar-refractivity contribution in [1.29, 1.82) is 0 Å². The largest absolute Gasteiger partial charge is 0.469 e. The zero-order chi connectivity index (χ0) is 16.9. The van der Waals surface area contributed by atoms with Gasteiger partial charge in [0.25, 0.3) is 5.91 Å². The predicted molar refractivity (Wildman–Crippen MR) is 90.3 cm³/mol. The fraction of sp³-hybridized carbons (Fsp3) is 0.375. The van der Waals surface area contributed by atoms with Gasteiger partial charge in [-0.05, 0) is 25.0 Å². The summed E-state index contributed by atoms with van der Waals surface area (Å²) < 4.78 is 4.76. The molecule has 1 fully saturated rings. The van der Waals surface area contributed by atoms with Crippen molar-refractivity contribution in [3.63, 3.8) is 0 Å². The second-order valence-electron chi connectivity index (χ2n) is 5.49. The third kappa shape index (κ3) is 3.70. The molecule has 2 aromatic rings. The molecule has 2 aromatic heterocycles. The van der Waals surface area contributed by atoms with E-state index in [1.807, 2.05) is 12.1 Å². The number of hydrogen-bond acceptors (Lipinski definition) is 7. The summed E-state index contributed by atoms with van der Waals surface area (Å²) in [4.78, 5) is 34.2. The van der Waals surface area contributed by atoms with E-state index in [1.54, 1.807) is 22.7 Å². The number of aromatic nitrogens is 2. The van der Waals surface area contributed by atoms with E-state index in [2.05, 4.69) is 15.3 Å². The number of anilines is 2. The SMILES string of the molecule is COC(=O)C1CCN(C(=O)c2csc(Nc3cccnc3)n2)CC1. The van der Waals surface area contributed by atoms with Gasteiger partial charge in [0.15, 0.2) is 5.13 Å². The predicted octanol–water partition coefficient (Wildman–Crippen LogP) is 2.31. The number of rotatable bonds is 4. The van der Waals surface area contributed by atoms with Crippen LogP contribution in [0.4, 0.5) is 10.8 Å². The van der Waals surface area contributed by atoms with Gasteiger partial charge >= 0.3 is 5.97 Å². The molecule has 0 unspecified atom stereocenters. The van der Waals surface area contributed by atoms with Gasteiger partial charge in [-0.25, -0.2) is 4.98 Å². The highest BCUT2D eigenvalue weighted by Crippen LogP contribution is 2.23. The first kappa shape index (κ1) is 16.4. The number of nitrogens with zero attached hydrogens (tertiary/aromatic N) is 3. The average Bonchev–Trinajstić information content (AvgIpc) is 3.10. The Morgan fingerprint density at radius 3 is 2.83 bits per heavy atom. The Hall–Kier alpha value is -2.48. The molecule has 1 saturated heterocycles. The Kier molecular flexibility index (Phi) is 5.05. The number of carbonyl (C=O) groups excluding carboxylic acids is 2. The lowest BCUT2D eigenvalue weighted by Crippen LogP contribution is -2.40. The van der Waals surface area contributed by atoms with Gasteiger partial charge in [0.2, 0.25) is 0 Å². The van der Waals surface area contributed by atoms with E-state index >= 15 is 0 Å². The topological polar surface area (TPSA) is 84.4 Å². The molecule has 126 valence electrons. The summed E-state index contributed by atoms with van der Waals surface area (Å²) in [5, 5.41) is 5.52. The first-order valence-electron chi connectivity index (χ1n) is 7.67. The first-order valence-corrected chi connectivity index (χ1v) is 8.55. The number of likely N-dealkylation sites (tertiary alicyclic amines) is 1. The lowest BCUT2D eigenvalue weighted by atomic mass is 9.97. The number of methoxy groups -OCH3 is 1. The lowest BCUT2D eigenvalue weighted by Gasteiger charge is -2.30. The molecule has 1 amide bonds. The van der Waals surface area contributed by atoms with Gasteiger partial charge in [-0.3, -0.25) is 14.6 Å². The Balaban J connectivity index is 1.59. The van der Waals surface area contributed by atoms with Crippen LogP contribution in [-0.4, -0.2) is 46.9 Å². The smallest absolute Gasteiger partial charge is 0.308 e. The molecule has 3 rings (SSSR count). The highest BCUT2D eigenvalue weighted by atomic mass is 32.1. The molecule has 0 aromatic carbocycles. The molecular formula is C16H18N4O3S. The van der Waals surface area contributed by atoms with Crippen molar-refractivity contribution in [2.24, 2.45) is 5.92 Å². The highest BCUT2D eigenvalue weighted by molar-refractivity contribution is 7.14. The number of ether oxygens (including phenoxy) is 1. The highest BCUT2D eigenvalue weighted by Gasteiger charge is 2.29. The number of esters is 1. The maximum atomic E-state index is 12.5. The number of pyridine rings is 1. The van der Waals surface area contributed by atoms with Crippen molar-refractivity contribution in [2.75, 3.05) is 25.5 Å². The standard InChI is InChI=1S/C16H18N4O3S/c1-23-15(22)11-4-7-20(8-5-11)14(21)13-10-24-16(19-13)18-12-3-2-6-17-9-12/h2-3,6,9-11H,4-5,7-8H2,1H3,(H,18,19). The van der Waals surface area contributed by atoms with Crippen molar-refractivity contribution < 1.29 is 14.3 Å². The van der Waals surface area contributed by atoms with Gasteiger partial charge in [-0.2, -0.15) is 0 Å². The van der Waals surface area contributed by atoms with Crippen LogP contribution in [-0.2, 0) is 9.53 Å². The van der Waals surface area contributed by atoms with Gasteiger partial charge in [-0.15, -0.1) is 11.3 Å². The zero-order valence-corrected chi connectivity index (χ0v) is 14.1. The van der Waals surface area contributed by atoms with Crippen LogP contribution in [0.25, 0.3) is 0 Å². The maximum Gasteiger partial charge on any atom is 0.308 e. The number of carbonyl (C=O) groups is 2. The molecule has 0 atom stereocenters. The van der Waals surface area contributed by atoms with Crippen LogP contribution in [0.1, 0.15) is 23.3 Å². The summed E-state index contributed by atoms with van der Waals surface area (Å²) >= 11 is 1.37. The lowest BCUT2D eigenvalue weighted by molar-refractivity contribution is -0.146. The fourth-order valence-corrected chi connectivity index (χ4v) is 3.34. The second-order valence-corrected chi connectivity index (χ2v) is 6.35. The summed E-state index contributed by atoms with van der Waals surface area (Å²) in [5.74, 6) is -0.412. The molecule has 0 radical (unpaired) electrons. The van der Waals surface area contributed by atoms with Crippen molar-refractivity contribution in [3.05, 3.63) is 35.6 Å². The Morgan fingerprint density at radius 1 is 1.38 bits per heavy atom. The molecule has 0 aliphatic carbocycles. The molecule has 3 heterocycles. The van der Waals surface area contributed by atoms with Crippen molar-refractivity contribution in [3.8, 4) is 0 Å². The first-order chi connectivity index (χ1) is 11.7. The summed E-state index contributed by atoms with van der Waals surface area (Å²) in [6.07, 6.45) is 4.65. The number of piperidine rings is 1. The van der Waals surface area contributed by atoms with E-state index in [4.69, 9.17) is 4.74 Å². The van der Waals surface area contributed by atoms with E-state index in [0.29, 0.717) is 36.8 Å². The average molecular weight is 346 g/mol. The summed E-state index contributed by atoms with van der Waals surface area (Å²) in [6.45, 7) is 1.09. The minimum atomic E-state index is -0.196. The molecule has 8 heteroatoms. The number of hydrogen-bond donors (Lipinski definition) is 1. The van der Waals surface area contributed by atoms with Gasteiger partial charge in [0.05, 0.1) is 24.9 Å².